The summed E-state index contributed by atoms with van der Waals surface area (Å²) in [5.74, 6) is 0. The van der Waals surface area contributed by atoms with Crippen molar-refractivity contribution < 1.29 is 9.53 Å². The first-order chi connectivity index (χ1) is 6.22. The molecule has 0 aliphatic heterocycles. The standard InChI is InChI=1S/C10H18N2O2/c1-6-10(5,7-11)12-8(13)14-9(2,3)4/h6H2,1-5H3,(H,12,13). The Labute approximate surface area is 85.2 Å². The van der Waals surface area contributed by atoms with Crippen molar-refractivity contribution in [3.8, 4) is 6.07 Å². The molecule has 0 spiro atoms. The molecule has 80 valence electrons. The molecule has 1 amide bonds. The Morgan fingerprint density at radius 2 is 1.93 bits per heavy atom. The highest BCUT2D eigenvalue weighted by molar-refractivity contribution is 5.69. The second-order valence-corrected chi connectivity index (χ2v) is 4.42. The summed E-state index contributed by atoms with van der Waals surface area (Å²) in [7, 11) is 0. The van der Waals surface area contributed by atoms with E-state index in [1.807, 2.05) is 13.0 Å². The number of carbonyl (C=O) groups excluding carboxylic acids is 1. The van der Waals surface area contributed by atoms with Crippen LogP contribution in [-0.4, -0.2) is 17.2 Å². The first kappa shape index (κ1) is 12.8. The molecule has 1 atom stereocenters. The molecule has 0 saturated carbocycles. The Hall–Kier alpha value is -1.24. The van der Waals surface area contributed by atoms with E-state index < -0.39 is 17.2 Å². The van der Waals surface area contributed by atoms with Crippen molar-refractivity contribution in [3.05, 3.63) is 0 Å². The van der Waals surface area contributed by atoms with E-state index in [0.717, 1.165) is 0 Å². The highest BCUT2D eigenvalue weighted by atomic mass is 16.6. The average Bonchev–Trinajstić information content (AvgIpc) is 2.00. The number of ether oxygens (including phenoxy) is 1. The van der Waals surface area contributed by atoms with Crippen molar-refractivity contribution in [3.63, 3.8) is 0 Å². The van der Waals surface area contributed by atoms with Gasteiger partial charge in [-0.15, -0.1) is 0 Å². The van der Waals surface area contributed by atoms with Gasteiger partial charge < -0.3 is 10.1 Å². The van der Waals surface area contributed by atoms with Gasteiger partial charge in [0.2, 0.25) is 0 Å². The molecule has 0 aromatic heterocycles. The summed E-state index contributed by atoms with van der Waals surface area (Å²) in [5.41, 5.74) is -1.38. The van der Waals surface area contributed by atoms with Crippen LogP contribution in [0, 0.1) is 11.3 Å². The lowest BCUT2D eigenvalue weighted by molar-refractivity contribution is 0.0485. The highest BCUT2D eigenvalue weighted by Crippen LogP contribution is 2.11. The Morgan fingerprint density at radius 3 is 2.21 bits per heavy atom. The van der Waals surface area contributed by atoms with Gasteiger partial charge in [-0.2, -0.15) is 5.26 Å². The fraction of sp³-hybridized carbons (Fsp3) is 0.800. The van der Waals surface area contributed by atoms with Gasteiger partial charge >= 0.3 is 6.09 Å². The maximum Gasteiger partial charge on any atom is 0.408 e. The summed E-state index contributed by atoms with van der Waals surface area (Å²) in [6.45, 7) is 8.84. The number of amides is 1. The summed E-state index contributed by atoms with van der Waals surface area (Å²) < 4.78 is 5.04. The van der Waals surface area contributed by atoms with Gasteiger partial charge in [0.15, 0.2) is 0 Å². The molecular formula is C10H18N2O2. The van der Waals surface area contributed by atoms with Gasteiger partial charge in [0.05, 0.1) is 6.07 Å². The third-order valence-corrected chi connectivity index (χ3v) is 1.73. The van der Waals surface area contributed by atoms with Crippen LogP contribution in [0.3, 0.4) is 0 Å². The Bertz CT molecular complexity index is 250. The van der Waals surface area contributed by atoms with Gasteiger partial charge in [-0.25, -0.2) is 4.79 Å². The molecular weight excluding hydrogens is 180 g/mol. The van der Waals surface area contributed by atoms with Crippen LogP contribution in [0.15, 0.2) is 0 Å². The maximum atomic E-state index is 11.3. The minimum atomic E-state index is -0.845. The number of nitrogens with one attached hydrogen (secondary N) is 1. The van der Waals surface area contributed by atoms with Crippen LogP contribution in [-0.2, 0) is 4.74 Å². The molecule has 14 heavy (non-hydrogen) atoms. The smallest absolute Gasteiger partial charge is 0.408 e. The molecule has 4 nitrogen and oxygen atoms in total. The Balaban J connectivity index is 4.27. The van der Waals surface area contributed by atoms with Gasteiger partial charge in [0.1, 0.15) is 11.1 Å². The van der Waals surface area contributed by atoms with Crippen molar-refractivity contribution in [1.82, 2.24) is 5.32 Å². The number of carbonyl (C=O) groups is 1. The number of hydrogen-bond donors (Lipinski definition) is 1. The van der Waals surface area contributed by atoms with E-state index in [-0.39, 0.29) is 0 Å². The van der Waals surface area contributed by atoms with Gasteiger partial charge in [0.25, 0.3) is 0 Å². The number of rotatable bonds is 2. The van der Waals surface area contributed by atoms with Crippen molar-refractivity contribution in [2.75, 3.05) is 0 Å². The van der Waals surface area contributed by atoms with Crippen molar-refractivity contribution >= 4 is 6.09 Å². The second-order valence-electron chi connectivity index (χ2n) is 4.42. The lowest BCUT2D eigenvalue weighted by atomic mass is 10.0. The van der Waals surface area contributed by atoms with Crippen LogP contribution in [0.25, 0.3) is 0 Å². The first-order valence-corrected chi connectivity index (χ1v) is 4.65. The molecule has 0 heterocycles. The van der Waals surface area contributed by atoms with Gasteiger partial charge in [-0.1, -0.05) is 6.92 Å². The Morgan fingerprint density at radius 1 is 1.43 bits per heavy atom. The van der Waals surface area contributed by atoms with E-state index in [1.54, 1.807) is 27.7 Å². The van der Waals surface area contributed by atoms with Gasteiger partial charge in [-0.05, 0) is 34.1 Å². The lowest BCUT2D eigenvalue weighted by Gasteiger charge is -2.25. The van der Waals surface area contributed by atoms with E-state index in [1.165, 1.54) is 0 Å². The van der Waals surface area contributed by atoms with Crippen LogP contribution in [0.1, 0.15) is 41.0 Å². The average molecular weight is 198 g/mol. The molecule has 0 aliphatic carbocycles. The fourth-order valence-corrected chi connectivity index (χ4v) is 0.724. The monoisotopic (exact) mass is 198 g/mol. The first-order valence-electron chi connectivity index (χ1n) is 4.65. The summed E-state index contributed by atoms with van der Waals surface area (Å²) in [5, 5.41) is 11.3. The summed E-state index contributed by atoms with van der Waals surface area (Å²) in [4.78, 5) is 11.3. The van der Waals surface area contributed by atoms with E-state index in [4.69, 9.17) is 10.00 Å². The quantitative estimate of drug-likeness (QED) is 0.739. The summed E-state index contributed by atoms with van der Waals surface area (Å²) >= 11 is 0. The normalized spacial score (nSPS) is 15.1. The number of nitrogens with zero attached hydrogens (tertiary/aromatic N) is 1. The SMILES string of the molecule is CCC(C)(C#N)NC(=O)OC(C)(C)C. The molecule has 0 saturated heterocycles. The number of nitriles is 1. The van der Waals surface area contributed by atoms with E-state index in [9.17, 15) is 4.79 Å². The van der Waals surface area contributed by atoms with Gasteiger partial charge in [-0.3, -0.25) is 0 Å². The van der Waals surface area contributed by atoms with Crippen LogP contribution in [0.5, 0.6) is 0 Å². The van der Waals surface area contributed by atoms with E-state index >= 15 is 0 Å². The molecule has 0 aromatic rings. The topological polar surface area (TPSA) is 62.1 Å². The molecule has 0 aliphatic rings. The number of alkyl carbamates (subject to hydrolysis) is 1. The van der Waals surface area contributed by atoms with E-state index in [2.05, 4.69) is 5.32 Å². The number of hydrogen-bond acceptors (Lipinski definition) is 3. The van der Waals surface area contributed by atoms with Crippen LogP contribution in [0.4, 0.5) is 4.79 Å². The van der Waals surface area contributed by atoms with E-state index in [0.29, 0.717) is 6.42 Å². The minimum absolute atomic E-state index is 0.534. The molecule has 4 heteroatoms. The molecule has 0 rings (SSSR count). The van der Waals surface area contributed by atoms with Crippen LogP contribution >= 0.6 is 0 Å². The Kier molecular flexibility index (Phi) is 3.93. The van der Waals surface area contributed by atoms with Gasteiger partial charge in [0, 0.05) is 0 Å². The third-order valence-electron chi connectivity index (χ3n) is 1.73. The minimum Gasteiger partial charge on any atom is -0.444 e. The second kappa shape index (κ2) is 4.32. The summed E-state index contributed by atoms with van der Waals surface area (Å²) in [6.07, 6.45) is -0.00802. The van der Waals surface area contributed by atoms with Crippen molar-refractivity contribution in [2.24, 2.45) is 0 Å². The largest absolute Gasteiger partial charge is 0.444 e. The summed E-state index contributed by atoms with van der Waals surface area (Å²) in [6, 6.07) is 2.03. The lowest BCUT2D eigenvalue weighted by Crippen LogP contribution is -2.46. The zero-order valence-corrected chi connectivity index (χ0v) is 9.47. The van der Waals surface area contributed by atoms with Crippen molar-refractivity contribution in [1.29, 1.82) is 5.26 Å². The molecule has 0 aromatic carbocycles. The molecule has 0 radical (unpaired) electrons. The zero-order valence-electron chi connectivity index (χ0n) is 9.47. The van der Waals surface area contributed by atoms with Crippen molar-refractivity contribution in [2.45, 2.75) is 52.2 Å². The van der Waals surface area contributed by atoms with Crippen LogP contribution < -0.4 is 5.32 Å². The molecule has 1 unspecified atom stereocenters. The maximum absolute atomic E-state index is 11.3. The molecule has 1 N–H and O–H groups in total. The zero-order chi connectivity index (χ0) is 11.4. The molecule has 0 fully saturated rings. The highest BCUT2D eigenvalue weighted by Gasteiger charge is 2.26. The third kappa shape index (κ3) is 4.70. The predicted octanol–water partition coefficient (Wildman–Crippen LogP) is 2.20. The fourth-order valence-electron chi connectivity index (χ4n) is 0.724. The molecule has 0 bridgehead atoms. The predicted molar refractivity (Wildman–Crippen MR) is 53.7 cm³/mol. The van der Waals surface area contributed by atoms with Crippen LogP contribution in [0.2, 0.25) is 0 Å².